The molecule has 146 valence electrons. The average molecular weight is 442 g/mol. The Morgan fingerprint density at radius 1 is 1.04 bits per heavy atom. The Kier molecular flexibility index (Phi) is 5.40. The number of rotatable bonds is 3. The number of aryl methyl sites for hydroxylation is 1. The monoisotopic (exact) mass is 441 g/mol. The Morgan fingerprint density at radius 2 is 1.79 bits per heavy atom. The van der Waals surface area contributed by atoms with E-state index in [2.05, 4.69) is 52.0 Å². The zero-order valence-electron chi connectivity index (χ0n) is 16.0. The molecule has 0 bridgehead atoms. The topological polar surface area (TPSA) is 43.9 Å². The van der Waals surface area contributed by atoms with Gasteiger partial charge < -0.3 is 14.7 Å². The van der Waals surface area contributed by atoms with Crippen LogP contribution in [0.2, 0.25) is 0 Å². The van der Waals surface area contributed by atoms with Crippen LogP contribution in [-0.2, 0) is 9.59 Å². The first kappa shape index (κ1) is 19.0. The van der Waals surface area contributed by atoms with Gasteiger partial charge in [-0.2, -0.15) is 0 Å². The van der Waals surface area contributed by atoms with Gasteiger partial charge >= 0.3 is 0 Å². The number of benzene rings is 2. The van der Waals surface area contributed by atoms with Crippen molar-refractivity contribution in [2.75, 3.05) is 42.5 Å². The Morgan fingerprint density at radius 3 is 2.50 bits per heavy atom. The Labute approximate surface area is 174 Å². The molecule has 2 aliphatic rings. The number of para-hydroxylation sites is 1. The quantitative estimate of drug-likeness (QED) is 0.732. The van der Waals surface area contributed by atoms with Crippen LogP contribution in [0, 0.1) is 12.8 Å². The zero-order valence-corrected chi connectivity index (χ0v) is 17.6. The molecule has 6 heteroatoms. The first-order chi connectivity index (χ1) is 13.5. The lowest BCUT2D eigenvalue weighted by Gasteiger charge is -2.37. The summed E-state index contributed by atoms with van der Waals surface area (Å²) in [5.74, 6) is -0.138. The van der Waals surface area contributed by atoms with Gasteiger partial charge in [0.15, 0.2) is 0 Å². The van der Waals surface area contributed by atoms with Crippen LogP contribution in [0.15, 0.2) is 53.0 Å². The Balaban J connectivity index is 1.38. The number of hydrogen-bond donors (Lipinski definition) is 0. The predicted molar refractivity (Wildman–Crippen MR) is 115 cm³/mol. The van der Waals surface area contributed by atoms with Crippen molar-refractivity contribution in [2.24, 2.45) is 5.92 Å². The van der Waals surface area contributed by atoms with Crippen LogP contribution in [0.1, 0.15) is 12.0 Å². The minimum absolute atomic E-state index is 0.0173. The third kappa shape index (κ3) is 3.78. The van der Waals surface area contributed by atoms with Crippen LogP contribution in [0.25, 0.3) is 0 Å². The predicted octanol–water partition coefficient (Wildman–Crippen LogP) is 3.46. The largest absolute Gasteiger partial charge is 0.368 e. The summed E-state index contributed by atoms with van der Waals surface area (Å²) < 4.78 is 0.878. The molecule has 2 fully saturated rings. The molecule has 0 aliphatic carbocycles. The van der Waals surface area contributed by atoms with E-state index < -0.39 is 0 Å². The number of carbonyl (C=O) groups excluding carboxylic acids is 2. The molecule has 4 rings (SSSR count). The lowest BCUT2D eigenvalue weighted by Crippen LogP contribution is -2.50. The molecule has 2 saturated heterocycles. The second kappa shape index (κ2) is 7.95. The van der Waals surface area contributed by atoms with Crippen molar-refractivity contribution < 1.29 is 9.59 Å². The molecule has 2 aliphatic heterocycles. The molecule has 2 aromatic carbocycles. The van der Waals surface area contributed by atoms with Crippen molar-refractivity contribution >= 4 is 39.1 Å². The number of amides is 2. The van der Waals surface area contributed by atoms with Crippen LogP contribution in [0.4, 0.5) is 11.4 Å². The molecule has 2 aromatic rings. The van der Waals surface area contributed by atoms with E-state index >= 15 is 0 Å². The number of piperazine rings is 1. The van der Waals surface area contributed by atoms with Crippen molar-refractivity contribution in [1.82, 2.24) is 4.90 Å². The Hall–Kier alpha value is -2.34. The van der Waals surface area contributed by atoms with Gasteiger partial charge in [-0.15, -0.1) is 0 Å². The molecule has 0 aromatic heterocycles. The molecule has 1 unspecified atom stereocenters. The van der Waals surface area contributed by atoms with Crippen LogP contribution >= 0.6 is 15.9 Å². The number of hydrogen-bond acceptors (Lipinski definition) is 3. The minimum Gasteiger partial charge on any atom is -0.368 e. The third-order valence-electron chi connectivity index (χ3n) is 5.58. The molecule has 1 atom stereocenters. The molecule has 2 amide bonds. The summed E-state index contributed by atoms with van der Waals surface area (Å²) in [6.45, 7) is 5.60. The van der Waals surface area contributed by atoms with E-state index in [4.69, 9.17) is 0 Å². The maximum Gasteiger partial charge on any atom is 0.228 e. The minimum atomic E-state index is -0.259. The summed E-state index contributed by atoms with van der Waals surface area (Å²) in [6.07, 6.45) is 0.290. The lowest BCUT2D eigenvalue weighted by molar-refractivity contribution is -0.136. The molecule has 0 N–H and O–H groups in total. The van der Waals surface area contributed by atoms with Gasteiger partial charge in [0, 0.05) is 49.3 Å². The number of anilines is 2. The van der Waals surface area contributed by atoms with Crippen molar-refractivity contribution in [1.29, 1.82) is 0 Å². The van der Waals surface area contributed by atoms with Crippen LogP contribution in [0.5, 0.6) is 0 Å². The summed E-state index contributed by atoms with van der Waals surface area (Å²) in [5.41, 5.74) is 3.29. The van der Waals surface area contributed by atoms with Gasteiger partial charge in [0.05, 0.1) is 11.6 Å². The summed E-state index contributed by atoms with van der Waals surface area (Å²) in [5, 5.41) is 0. The third-order valence-corrected chi connectivity index (χ3v) is 6.25. The fourth-order valence-electron chi connectivity index (χ4n) is 4.04. The average Bonchev–Trinajstić information content (AvgIpc) is 3.09. The number of halogens is 1. The van der Waals surface area contributed by atoms with Crippen molar-refractivity contribution in [2.45, 2.75) is 13.3 Å². The van der Waals surface area contributed by atoms with Gasteiger partial charge in [-0.05, 0) is 52.7 Å². The number of carbonyl (C=O) groups is 2. The van der Waals surface area contributed by atoms with Crippen LogP contribution in [0.3, 0.4) is 0 Å². The van der Waals surface area contributed by atoms with Gasteiger partial charge in [0.2, 0.25) is 11.8 Å². The first-order valence-corrected chi connectivity index (χ1v) is 10.5. The highest BCUT2D eigenvalue weighted by Gasteiger charge is 2.38. The molecular formula is C22H24BrN3O2. The summed E-state index contributed by atoms with van der Waals surface area (Å²) >= 11 is 3.51. The van der Waals surface area contributed by atoms with Gasteiger partial charge in [-0.3, -0.25) is 9.59 Å². The highest BCUT2D eigenvalue weighted by molar-refractivity contribution is 9.10. The van der Waals surface area contributed by atoms with Crippen molar-refractivity contribution in [3.63, 3.8) is 0 Å². The summed E-state index contributed by atoms with van der Waals surface area (Å²) in [4.78, 5) is 31.5. The van der Waals surface area contributed by atoms with Crippen LogP contribution in [-0.4, -0.2) is 49.4 Å². The normalized spacial score (nSPS) is 20.0. The maximum atomic E-state index is 13.0. The highest BCUT2D eigenvalue weighted by atomic mass is 79.9. The van der Waals surface area contributed by atoms with Gasteiger partial charge in [-0.1, -0.05) is 24.3 Å². The lowest BCUT2D eigenvalue weighted by atomic mass is 10.1. The fraction of sp³-hybridized carbons (Fsp3) is 0.364. The van der Waals surface area contributed by atoms with E-state index in [-0.39, 0.29) is 24.2 Å². The highest BCUT2D eigenvalue weighted by Crippen LogP contribution is 2.32. The molecule has 0 radical (unpaired) electrons. The van der Waals surface area contributed by atoms with Crippen molar-refractivity contribution in [3.8, 4) is 0 Å². The fourth-order valence-corrected chi connectivity index (χ4v) is 4.54. The molecule has 5 nitrogen and oxygen atoms in total. The van der Waals surface area contributed by atoms with Gasteiger partial charge in [-0.25, -0.2) is 0 Å². The van der Waals surface area contributed by atoms with Crippen molar-refractivity contribution in [3.05, 3.63) is 58.6 Å². The van der Waals surface area contributed by atoms with E-state index in [0.29, 0.717) is 19.6 Å². The number of nitrogens with zero attached hydrogens (tertiary/aromatic N) is 3. The van der Waals surface area contributed by atoms with Crippen LogP contribution < -0.4 is 9.80 Å². The summed E-state index contributed by atoms with van der Waals surface area (Å²) in [7, 11) is 0. The van der Waals surface area contributed by atoms with E-state index in [0.717, 1.165) is 23.2 Å². The summed E-state index contributed by atoms with van der Waals surface area (Å²) in [6, 6.07) is 16.1. The SMILES string of the molecule is Cc1cccc(N2CCN(C(=O)C3CC(=O)N(c4ccccc4Br)C3)CC2)c1. The van der Waals surface area contributed by atoms with E-state index in [1.165, 1.54) is 11.3 Å². The molecule has 0 saturated carbocycles. The smallest absolute Gasteiger partial charge is 0.228 e. The standard InChI is InChI=1S/C22H24BrN3O2/c1-16-5-4-6-18(13-16)24-9-11-25(12-10-24)22(28)17-14-21(27)26(15-17)20-8-3-2-7-19(20)23/h2-8,13,17H,9-12,14-15H2,1H3. The maximum absolute atomic E-state index is 13.0. The second-order valence-electron chi connectivity index (χ2n) is 7.51. The van der Waals surface area contributed by atoms with Gasteiger partial charge in [0.25, 0.3) is 0 Å². The van der Waals surface area contributed by atoms with E-state index in [9.17, 15) is 9.59 Å². The second-order valence-corrected chi connectivity index (χ2v) is 8.36. The van der Waals surface area contributed by atoms with E-state index in [1.54, 1.807) is 4.90 Å². The first-order valence-electron chi connectivity index (χ1n) is 9.68. The Bertz CT molecular complexity index is 893. The molecule has 0 spiro atoms. The molecule has 2 heterocycles. The van der Waals surface area contributed by atoms with E-state index in [1.807, 2.05) is 29.2 Å². The molecule has 28 heavy (non-hydrogen) atoms. The molecular weight excluding hydrogens is 418 g/mol. The van der Waals surface area contributed by atoms with Gasteiger partial charge in [0.1, 0.15) is 0 Å². The zero-order chi connectivity index (χ0) is 19.7.